The summed E-state index contributed by atoms with van der Waals surface area (Å²) in [5.41, 5.74) is -3.96. The molecule has 3 aromatic rings. The van der Waals surface area contributed by atoms with Crippen LogP contribution < -0.4 is 9.04 Å². The van der Waals surface area contributed by atoms with Crippen molar-refractivity contribution in [2.24, 2.45) is 5.41 Å². The van der Waals surface area contributed by atoms with E-state index < -0.39 is 62.6 Å². The van der Waals surface area contributed by atoms with Crippen molar-refractivity contribution in [3.05, 3.63) is 71.9 Å². The Balaban J connectivity index is 1.60. The first kappa shape index (κ1) is 28.7. The van der Waals surface area contributed by atoms with Gasteiger partial charge in [0.05, 0.1) is 41.6 Å². The molecular weight excluding hydrogens is 582 g/mol. The van der Waals surface area contributed by atoms with E-state index in [9.17, 15) is 44.7 Å². The average molecular weight is 603 g/mol. The number of carboxylic acid groups (broad SMARTS) is 1. The number of benzene rings is 2. The summed E-state index contributed by atoms with van der Waals surface area (Å²) in [6.07, 6.45) is -10.8. The topological polar surface area (TPSA) is 106 Å². The van der Waals surface area contributed by atoms with E-state index in [1.165, 1.54) is 24.3 Å². The molecule has 1 N–H and O–H groups in total. The van der Waals surface area contributed by atoms with Crippen LogP contribution in [0.15, 0.2) is 65.6 Å². The second kappa shape index (κ2) is 9.91. The number of aliphatic carboxylic acids is 1. The number of rotatable bonds is 6. The molecule has 41 heavy (non-hydrogen) atoms. The second-order valence-electron chi connectivity index (χ2n) is 9.67. The third-order valence-electron chi connectivity index (χ3n) is 6.80. The number of carbonyl (C=O) groups is 1. The number of hydrogen-bond donors (Lipinski definition) is 1. The predicted molar refractivity (Wildman–Crippen MR) is 131 cm³/mol. The minimum absolute atomic E-state index is 0.0618. The van der Waals surface area contributed by atoms with E-state index in [4.69, 9.17) is 9.47 Å². The van der Waals surface area contributed by atoms with Crippen LogP contribution in [-0.2, 0) is 31.9 Å². The minimum atomic E-state index is -4.84. The van der Waals surface area contributed by atoms with E-state index in [0.29, 0.717) is 12.1 Å². The van der Waals surface area contributed by atoms with Gasteiger partial charge < -0.3 is 14.6 Å². The Bertz CT molecular complexity index is 1600. The van der Waals surface area contributed by atoms with Crippen molar-refractivity contribution in [2.45, 2.75) is 29.8 Å². The number of hydrogen-bond acceptors (Lipinski definition) is 6. The van der Waals surface area contributed by atoms with E-state index in [2.05, 4.69) is 4.98 Å². The molecule has 3 heterocycles. The van der Waals surface area contributed by atoms with Gasteiger partial charge in [0, 0.05) is 12.0 Å². The van der Waals surface area contributed by atoms with Crippen LogP contribution >= 0.6 is 0 Å². The van der Waals surface area contributed by atoms with Crippen molar-refractivity contribution < 1.29 is 54.1 Å². The smallest absolute Gasteiger partial charge is 0.433 e. The molecule has 0 aliphatic carbocycles. The first-order chi connectivity index (χ1) is 19.1. The summed E-state index contributed by atoms with van der Waals surface area (Å²) in [5, 5.41) is 9.70. The van der Waals surface area contributed by atoms with Crippen LogP contribution in [0, 0.1) is 5.41 Å². The number of sulfonamides is 1. The molecular formula is C26H20F6N2O6S. The fourth-order valence-corrected chi connectivity index (χ4v) is 6.18. The maximum Gasteiger partial charge on any atom is 0.433 e. The number of alkyl halides is 6. The molecule has 218 valence electrons. The quantitative estimate of drug-likeness (QED) is 0.385. The van der Waals surface area contributed by atoms with E-state index >= 15 is 0 Å². The molecule has 0 bridgehead atoms. The van der Waals surface area contributed by atoms with Crippen LogP contribution in [0.5, 0.6) is 5.75 Å². The molecule has 2 aliphatic rings. The Morgan fingerprint density at radius 2 is 1.71 bits per heavy atom. The van der Waals surface area contributed by atoms with Gasteiger partial charge in [-0.3, -0.25) is 9.10 Å². The lowest BCUT2D eigenvalue weighted by atomic mass is 9.80. The SMILES string of the molecule is O=C(O)C1(CC2CN(S(=O)(=O)c3cccc(C(F)(F)F)c3)c3cc(-c4cccc(C(F)(F)F)n4)ccc3O2)COC1. The van der Waals surface area contributed by atoms with Crippen molar-refractivity contribution in [2.75, 3.05) is 24.1 Å². The van der Waals surface area contributed by atoms with Crippen LogP contribution in [-0.4, -0.2) is 50.3 Å². The van der Waals surface area contributed by atoms with E-state index in [-0.39, 0.29) is 42.3 Å². The highest BCUT2D eigenvalue weighted by Gasteiger charge is 2.50. The molecule has 5 rings (SSSR count). The number of anilines is 1. The molecule has 1 fully saturated rings. The summed E-state index contributed by atoms with van der Waals surface area (Å²) in [4.78, 5) is 14.8. The number of aromatic nitrogens is 1. The fraction of sp³-hybridized carbons (Fsp3) is 0.308. The summed E-state index contributed by atoms with van der Waals surface area (Å²) in [6, 6.07) is 10.1. The van der Waals surface area contributed by atoms with Gasteiger partial charge in [0.15, 0.2) is 0 Å². The van der Waals surface area contributed by atoms with Crippen LogP contribution in [0.1, 0.15) is 17.7 Å². The highest BCUT2D eigenvalue weighted by atomic mass is 32.2. The van der Waals surface area contributed by atoms with E-state index in [1.807, 2.05) is 0 Å². The van der Waals surface area contributed by atoms with Gasteiger partial charge in [0.1, 0.15) is 23.0 Å². The zero-order chi connectivity index (χ0) is 29.8. The first-order valence-electron chi connectivity index (χ1n) is 12.0. The normalized spacial score (nSPS) is 18.7. The Labute approximate surface area is 229 Å². The summed E-state index contributed by atoms with van der Waals surface area (Å²) in [5.74, 6) is -1.25. The van der Waals surface area contributed by atoms with Gasteiger partial charge in [-0.1, -0.05) is 12.1 Å². The van der Waals surface area contributed by atoms with Gasteiger partial charge in [-0.05, 0) is 48.5 Å². The Morgan fingerprint density at radius 3 is 2.32 bits per heavy atom. The van der Waals surface area contributed by atoms with Crippen LogP contribution in [0.2, 0.25) is 0 Å². The zero-order valence-electron chi connectivity index (χ0n) is 20.7. The molecule has 0 amide bonds. The highest BCUT2D eigenvalue weighted by molar-refractivity contribution is 7.92. The molecule has 1 saturated heterocycles. The molecule has 2 aliphatic heterocycles. The van der Waals surface area contributed by atoms with E-state index in [1.54, 1.807) is 0 Å². The van der Waals surface area contributed by atoms with Gasteiger partial charge in [0.25, 0.3) is 10.0 Å². The molecule has 2 aromatic carbocycles. The lowest BCUT2D eigenvalue weighted by Crippen LogP contribution is -2.54. The number of fused-ring (bicyclic) bond motifs is 1. The largest absolute Gasteiger partial charge is 0.486 e. The summed E-state index contributed by atoms with van der Waals surface area (Å²) in [7, 11) is -4.71. The van der Waals surface area contributed by atoms with Gasteiger partial charge >= 0.3 is 18.3 Å². The molecule has 0 saturated carbocycles. The number of pyridine rings is 1. The van der Waals surface area contributed by atoms with Crippen LogP contribution in [0.25, 0.3) is 11.3 Å². The molecule has 15 heteroatoms. The van der Waals surface area contributed by atoms with Gasteiger partial charge in [0.2, 0.25) is 0 Å². The maximum atomic E-state index is 13.8. The third-order valence-corrected chi connectivity index (χ3v) is 8.58. The third kappa shape index (κ3) is 5.43. The maximum absolute atomic E-state index is 13.8. The van der Waals surface area contributed by atoms with Gasteiger partial charge in [-0.2, -0.15) is 26.3 Å². The van der Waals surface area contributed by atoms with E-state index in [0.717, 1.165) is 28.6 Å². The minimum Gasteiger partial charge on any atom is -0.486 e. The monoisotopic (exact) mass is 602 g/mol. The standard InChI is InChI=1S/C26H20F6N2O6S/c27-25(28,29)16-3-1-4-18(10-16)41(37,38)34-12-17(11-24(23(35)36)13-39-14-24)40-21-8-7-15(9-20(21)34)19-5-2-6-22(33-19)26(30,31)32/h1-10,17H,11-14H2,(H,35,36). The lowest BCUT2D eigenvalue weighted by molar-refractivity contribution is -0.184. The predicted octanol–water partition coefficient (Wildman–Crippen LogP) is 5.23. The lowest BCUT2D eigenvalue weighted by Gasteiger charge is -2.42. The van der Waals surface area contributed by atoms with Crippen molar-refractivity contribution in [3.8, 4) is 17.0 Å². The van der Waals surface area contributed by atoms with Gasteiger partial charge in [-0.15, -0.1) is 0 Å². The Kier molecular flexibility index (Phi) is 6.93. The highest BCUT2D eigenvalue weighted by Crippen LogP contribution is 2.43. The fourth-order valence-electron chi connectivity index (χ4n) is 4.63. The van der Waals surface area contributed by atoms with Crippen molar-refractivity contribution >= 4 is 21.7 Å². The second-order valence-corrected chi connectivity index (χ2v) is 11.5. The molecule has 1 atom stereocenters. The van der Waals surface area contributed by atoms with Crippen molar-refractivity contribution in [3.63, 3.8) is 0 Å². The summed E-state index contributed by atoms with van der Waals surface area (Å²) < 4.78 is 119. The average Bonchev–Trinajstić information content (AvgIpc) is 2.89. The first-order valence-corrected chi connectivity index (χ1v) is 13.4. The van der Waals surface area contributed by atoms with Crippen molar-refractivity contribution in [1.29, 1.82) is 0 Å². The van der Waals surface area contributed by atoms with Crippen molar-refractivity contribution in [1.82, 2.24) is 4.98 Å². The number of carboxylic acids is 1. The van der Waals surface area contributed by atoms with Gasteiger partial charge in [-0.25, -0.2) is 13.4 Å². The molecule has 0 radical (unpaired) electrons. The molecule has 8 nitrogen and oxygen atoms in total. The summed E-state index contributed by atoms with van der Waals surface area (Å²) in [6.45, 7) is -0.773. The molecule has 1 unspecified atom stereocenters. The zero-order valence-corrected chi connectivity index (χ0v) is 21.6. The van der Waals surface area contributed by atoms with Crippen LogP contribution in [0.4, 0.5) is 32.0 Å². The molecule has 1 aromatic heterocycles. The Morgan fingerprint density at radius 1 is 1.00 bits per heavy atom. The summed E-state index contributed by atoms with van der Waals surface area (Å²) >= 11 is 0. The number of nitrogens with zero attached hydrogens (tertiary/aromatic N) is 2. The number of ether oxygens (including phenoxy) is 2. The molecule has 0 spiro atoms. The number of halogens is 6. The Hall–Kier alpha value is -3.85. The van der Waals surface area contributed by atoms with Crippen LogP contribution in [0.3, 0.4) is 0 Å².